The van der Waals surface area contributed by atoms with Crippen molar-refractivity contribution < 1.29 is 4.74 Å². The lowest BCUT2D eigenvalue weighted by molar-refractivity contribution is -0.0850. The lowest BCUT2D eigenvalue weighted by Gasteiger charge is -2.51. The van der Waals surface area contributed by atoms with Gasteiger partial charge in [0.25, 0.3) is 0 Å². The average molecular weight is 228 g/mol. The van der Waals surface area contributed by atoms with Gasteiger partial charge in [-0.1, -0.05) is 19.8 Å². The van der Waals surface area contributed by atoms with E-state index in [0.717, 1.165) is 13.0 Å². The van der Waals surface area contributed by atoms with Gasteiger partial charge in [0, 0.05) is 19.7 Å². The predicted octanol–water partition coefficient (Wildman–Crippen LogP) is 2.00. The van der Waals surface area contributed by atoms with E-state index in [4.69, 9.17) is 10.5 Å². The molecule has 3 heteroatoms. The maximum Gasteiger partial charge on any atom is 0.0767 e. The summed E-state index contributed by atoms with van der Waals surface area (Å²) in [5.41, 5.74) is 6.16. The second-order valence-corrected chi connectivity index (χ2v) is 5.16. The molecule has 1 rings (SSSR count). The lowest BCUT2D eigenvalue weighted by atomic mass is 9.77. The zero-order valence-corrected chi connectivity index (χ0v) is 11.3. The van der Waals surface area contributed by atoms with Crippen molar-refractivity contribution in [3.05, 3.63) is 0 Å². The Morgan fingerprint density at radius 1 is 1.44 bits per heavy atom. The summed E-state index contributed by atoms with van der Waals surface area (Å²) in [5, 5.41) is 0. The summed E-state index contributed by atoms with van der Waals surface area (Å²) in [4.78, 5) is 2.53. The molecule has 96 valence electrons. The van der Waals surface area contributed by atoms with Crippen molar-refractivity contribution in [3.63, 3.8) is 0 Å². The molecular formula is C13H28N2O. The van der Waals surface area contributed by atoms with Crippen molar-refractivity contribution in [2.75, 3.05) is 20.2 Å². The zero-order chi connectivity index (χ0) is 12.2. The molecule has 1 saturated carbocycles. The fraction of sp³-hybridized carbons (Fsp3) is 1.00. The highest BCUT2D eigenvalue weighted by molar-refractivity contribution is 5.01. The Balaban J connectivity index is 2.94. The number of nitrogens with two attached hydrogens (primary N) is 1. The van der Waals surface area contributed by atoms with E-state index < -0.39 is 0 Å². The van der Waals surface area contributed by atoms with Crippen LogP contribution in [0.15, 0.2) is 0 Å². The first kappa shape index (κ1) is 13.9. The van der Waals surface area contributed by atoms with Crippen LogP contribution in [-0.4, -0.2) is 42.8 Å². The van der Waals surface area contributed by atoms with Gasteiger partial charge in [0.1, 0.15) is 0 Å². The van der Waals surface area contributed by atoms with Crippen LogP contribution < -0.4 is 5.73 Å². The van der Waals surface area contributed by atoms with Gasteiger partial charge in [-0.2, -0.15) is 0 Å². The number of rotatable bonds is 5. The summed E-state index contributed by atoms with van der Waals surface area (Å²) >= 11 is 0. The Kier molecular flexibility index (Phi) is 5.22. The molecule has 2 atom stereocenters. The molecular weight excluding hydrogens is 200 g/mol. The molecule has 1 aliphatic rings. The van der Waals surface area contributed by atoms with Crippen molar-refractivity contribution in [1.29, 1.82) is 0 Å². The van der Waals surface area contributed by atoms with Gasteiger partial charge in [-0.05, 0) is 33.2 Å². The molecule has 16 heavy (non-hydrogen) atoms. The Hall–Kier alpha value is -0.120. The number of hydrogen-bond acceptors (Lipinski definition) is 3. The highest BCUT2D eigenvalue weighted by Crippen LogP contribution is 2.36. The molecule has 0 bridgehead atoms. The van der Waals surface area contributed by atoms with Gasteiger partial charge in [-0.25, -0.2) is 0 Å². The van der Waals surface area contributed by atoms with Crippen LogP contribution in [0.4, 0.5) is 0 Å². The summed E-state index contributed by atoms with van der Waals surface area (Å²) in [5.74, 6) is 0. The third-order valence-corrected chi connectivity index (χ3v) is 4.10. The molecule has 2 N–H and O–H groups in total. The van der Waals surface area contributed by atoms with E-state index in [2.05, 4.69) is 25.7 Å². The third-order valence-electron chi connectivity index (χ3n) is 4.10. The van der Waals surface area contributed by atoms with Gasteiger partial charge in [0.15, 0.2) is 0 Å². The molecule has 1 aliphatic carbocycles. The topological polar surface area (TPSA) is 38.5 Å². The van der Waals surface area contributed by atoms with Crippen molar-refractivity contribution in [1.82, 2.24) is 4.90 Å². The van der Waals surface area contributed by atoms with E-state index in [-0.39, 0.29) is 5.54 Å². The van der Waals surface area contributed by atoms with Crippen LogP contribution in [0.5, 0.6) is 0 Å². The normalized spacial score (nSPS) is 31.3. The highest BCUT2D eigenvalue weighted by Gasteiger charge is 2.44. The number of methoxy groups -OCH3 is 1. The van der Waals surface area contributed by atoms with Gasteiger partial charge in [-0.3, -0.25) is 4.90 Å². The molecule has 0 radical (unpaired) electrons. The van der Waals surface area contributed by atoms with E-state index >= 15 is 0 Å². The third kappa shape index (κ3) is 2.41. The maximum absolute atomic E-state index is 6.10. The lowest BCUT2D eigenvalue weighted by Crippen LogP contribution is -2.64. The first-order chi connectivity index (χ1) is 7.62. The summed E-state index contributed by atoms with van der Waals surface area (Å²) in [6.45, 7) is 8.48. The molecule has 0 heterocycles. The first-order valence-corrected chi connectivity index (χ1v) is 6.62. The van der Waals surface area contributed by atoms with Gasteiger partial charge >= 0.3 is 0 Å². The smallest absolute Gasteiger partial charge is 0.0767 e. The molecule has 0 amide bonds. The highest BCUT2D eigenvalue weighted by atomic mass is 16.5. The Morgan fingerprint density at radius 3 is 2.56 bits per heavy atom. The second-order valence-electron chi connectivity index (χ2n) is 5.16. The van der Waals surface area contributed by atoms with E-state index in [9.17, 15) is 0 Å². The molecule has 2 unspecified atom stereocenters. The standard InChI is InChI=1S/C13H28N2O/c1-5-15(11(2)3)13(10-14)9-7-6-8-12(13)16-4/h11-12H,5-10,14H2,1-4H3. The Morgan fingerprint density at radius 2 is 2.12 bits per heavy atom. The molecule has 0 aromatic carbocycles. The van der Waals surface area contributed by atoms with Crippen LogP contribution in [0.2, 0.25) is 0 Å². The first-order valence-electron chi connectivity index (χ1n) is 6.62. The molecule has 0 saturated heterocycles. The van der Waals surface area contributed by atoms with Crippen molar-refractivity contribution >= 4 is 0 Å². The molecule has 1 fully saturated rings. The molecule has 0 aliphatic heterocycles. The molecule has 3 nitrogen and oxygen atoms in total. The van der Waals surface area contributed by atoms with Crippen LogP contribution in [-0.2, 0) is 4.74 Å². The summed E-state index contributed by atoms with van der Waals surface area (Å²) in [6, 6.07) is 0.532. The fourth-order valence-corrected chi connectivity index (χ4v) is 3.40. The van der Waals surface area contributed by atoms with Crippen LogP contribution in [0.25, 0.3) is 0 Å². The van der Waals surface area contributed by atoms with Crippen LogP contribution in [0.3, 0.4) is 0 Å². The van der Waals surface area contributed by atoms with Crippen molar-refractivity contribution in [2.45, 2.75) is 64.1 Å². The quantitative estimate of drug-likeness (QED) is 0.782. The van der Waals surface area contributed by atoms with Gasteiger partial charge in [0.2, 0.25) is 0 Å². The summed E-state index contributed by atoms with van der Waals surface area (Å²) in [7, 11) is 1.83. The second kappa shape index (κ2) is 5.99. The fourth-order valence-electron chi connectivity index (χ4n) is 3.40. The van der Waals surface area contributed by atoms with Gasteiger partial charge in [0.05, 0.1) is 11.6 Å². The zero-order valence-electron chi connectivity index (χ0n) is 11.3. The molecule has 0 aromatic heterocycles. The summed E-state index contributed by atoms with van der Waals surface area (Å²) < 4.78 is 5.71. The monoisotopic (exact) mass is 228 g/mol. The number of nitrogens with zero attached hydrogens (tertiary/aromatic N) is 1. The minimum Gasteiger partial charge on any atom is -0.379 e. The minimum absolute atomic E-state index is 0.0654. The summed E-state index contributed by atoms with van der Waals surface area (Å²) in [6.07, 6.45) is 5.18. The number of hydrogen-bond donors (Lipinski definition) is 1. The van der Waals surface area contributed by atoms with E-state index in [1.807, 2.05) is 7.11 Å². The minimum atomic E-state index is 0.0654. The SMILES string of the molecule is CCN(C(C)C)C1(CN)CCCCC1OC. The van der Waals surface area contributed by atoms with Crippen LogP contribution >= 0.6 is 0 Å². The largest absolute Gasteiger partial charge is 0.379 e. The van der Waals surface area contributed by atoms with E-state index in [0.29, 0.717) is 18.7 Å². The van der Waals surface area contributed by atoms with E-state index in [1.54, 1.807) is 0 Å². The average Bonchev–Trinajstić information content (AvgIpc) is 2.29. The van der Waals surface area contributed by atoms with Crippen molar-refractivity contribution in [3.8, 4) is 0 Å². The van der Waals surface area contributed by atoms with Gasteiger partial charge in [-0.15, -0.1) is 0 Å². The van der Waals surface area contributed by atoms with Gasteiger partial charge < -0.3 is 10.5 Å². The maximum atomic E-state index is 6.10. The van der Waals surface area contributed by atoms with Crippen LogP contribution in [0, 0.1) is 0 Å². The number of ether oxygens (including phenoxy) is 1. The van der Waals surface area contributed by atoms with Crippen molar-refractivity contribution in [2.24, 2.45) is 5.73 Å². The van der Waals surface area contributed by atoms with E-state index in [1.165, 1.54) is 19.3 Å². The predicted molar refractivity (Wildman–Crippen MR) is 68.6 cm³/mol. The molecule has 0 spiro atoms. The Bertz CT molecular complexity index is 208. The Labute approximate surface area is 100 Å². The van der Waals surface area contributed by atoms with Crippen LogP contribution in [0.1, 0.15) is 46.5 Å². The number of likely N-dealkylation sites (N-methyl/N-ethyl adjacent to an activating group) is 1. The molecule has 0 aromatic rings.